The molecule has 0 aliphatic heterocycles. The quantitative estimate of drug-likeness (QED) is 0.296. The molecule has 0 saturated carbocycles. The molecule has 0 amide bonds. The summed E-state index contributed by atoms with van der Waals surface area (Å²) in [6.45, 7) is 6.48. The highest BCUT2D eigenvalue weighted by Crippen LogP contribution is 2.24. The molecule has 0 fully saturated rings. The number of hydrogen-bond acceptors (Lipinski definition) is 2. The van der Waals surface area contributed by atoms with Crippen LogP contribution in [-0.4, -0.2) is 14.4 Å². The van der Waals surface area contributed by atoms with Crippen molar-refractivity contribution in [2.24, 2.45) is 5.11 Å². The van der Waals surface area contributed by atoms with E-state index < -0.39 is 8.32 Å². The van der Waals surface area contributed by atoms with Crippen molar-refractivity contribution in [2.45, 2.75) is 38.6 Å². The minimum absolute atomic E-state index is 0.173. The zero-order chi connectivity index (χ0) is 9.90. The summed E-state index contributed by atoms with van der Waals surface area (Å²) in [7, 11) is -1.45. The van der Waals surface area contributed by atoms with Crippen molar-refractivity contribution in [3.8, 4) is 0 Å². The molecule has 0 N–H and O–H groups in total. The molecule has 72 valence electrons. The Kier molecular flexibility index (Phi) is 3.14. The van der Waals surface area contributed by atoms with Crippen molar-refractivity contribution in [3.05, 3.63) is 22.2 Å². The van der Waals surface area contributed by atoms with Gasteiger partial charge in [0.25, 0.3) is 0 Å². The molecule has 0 bridgehead atoms. The van der Waals surface area contributed by atoms with E-state index in [-0.39, 0.29) is 6.10 Å². The predicted molar refractivity (Wildman–Crippen MR) is 54.7 cm³/mol. The van der Waals surface area contributed by atoms with Crippen molar-refractivity contribution in [1.82, 2.24) is 0 Å². The summed E-state index contributed by atoms with van der Waals surface area (Å²) < 4.78 is 5.85. The monoisotopic (exact) mass is 197 g/mol. The van der Waals surface area contributed by atoms with Crippen molar-refractivity contribution >= 4 is 8.32 Å². The van der Waals surface area contributed by atoms with Crippen molar-refractivity contribution in [1.29, 1.82) is 0 Å². The smallest absolute Gasteiger partial charge is 0.184 e. The molecular formula is C8H15N3OSi. The minimum atomic E-state index is -1.45. The van der Waals surface area contributed by atoms with E-state index in [1.165, 1.54) is 0 Å². The van der Waals surface area contributed by atoms with Crippen LogP contribution in [0, 0.1) is 0 Å². The first-order valence-corrected chi connectivity index (χ1v) is 7.86. The van der Waals surface area contributed by atoms with Crippen molar-refractivity contribution in [3.63, 3.8) is 0 Å². The average molecular weight is 197 g/mol. The Hall–Kier alpha value is -0.773. The van der Waals surface area contributed by atoms with Crippen LogP contribution in [0.15, 0.2) is 16.9 Å². The summed E-state index contributed by atoms with van der Waals surface area (Å²) in [5.74, 6) is 0. The lowest BCUT2D eigenvalue weighted by atomic mass is 10.3. The molecule has 13 heavy (non-hydrogen) atoms. The maximum absolute atomic E-state index is 8.23. The fraction of sp³-hybridized carbons (Fsp3) is 0.750. The minimum Gasteiger partial charge on any atom is -0.411 e. The Bertz CT molecular complexity index is 263. The second kappa shape index (κ2) is 3.96. The molecule has 0 heterocycles. The Labute approximate surface area is 79.3 Å². The lowest BCUT2D eigenvalue weighted by Crippen LogP contribution is -2.30. The number of allylic oxidation sites excluding steroid dienone is 1. The first kappa shape index (κ1) is 10.3. The molecular weight excluding hydrogens is 182 g/mol. The van der Waals surface area contributed by atoms with Crippen LogP contribution in [0.2, 0.25) is 19.6 Å². The lowest BCUT2D eigenvalue weighted by molar-refractivity contribution is 0.241. The van der Waals surface area contributed by atoms with Gasteiger partial charge in [-0.3, -0.25) is 0 Å². The fourth-order valence-corrected chi connectivity index (χ4v) is 2.45. The fourth-order valence-electron chi connectivity index (χ4n) is 1.36. The molecule has 1 aliphatic rings. The van der Waals surface area contributed by atoms with Gasteiger partial charge in [0.1, 0.15) is 0 Å². The number of rotatable bonds is 3. The third kappa shape index (κ3) is 3.63. The zero-order valence-corrected chi connectivity index (χ0v) is 9.32. The summed E-state index contributed by atoms with van der Waals surface area (Å²) in [6.07, 6.45) is 3.92. The van der Waals surface area contributed by atoms with Gasteiger partial charge in [0.2, 0.25) is 0 Å². The maximum Gasteiger partial charge on any atom is 0.184 e. The third-order valence-corrected chi connectivity index (χ3v) is 2.75. The summed E-state index contributed by atoms with van der Waals surface area (Å²) >= 11 is 0. The van der Waals surface area contributed by atoms with Gasteiger partial charge in [-0.25, -0.2) is 0 Å². The standard InChI is InChI=1S/C8H15N3OSi/c1-13(2,3)12-8-5-4-7(6-8)10-11-9/h6,8H,4-5H2,1-3H3. The van der Waals surface area contributed by atoms with Crippen LogP contribution in [-0.2, 0) is 4.43 Å². The number of hydrogen-bond donors (Lipinski definition) is 0. The molecule has 5 heteroatoms. The van der Waals surface area contributed by atoms with Gasteiger partial charge in [0.05, 0.1) is 6.10 Å². The van der Waals surface area contributed by atoms with Gasteiger partial charge in [-0.05, 0) is 38.0 Å². The highest BCUT2D eigenvalue weighted by molar-refractivity contribution is 6.69. The molecule has 0 saturated heterocycles. The van der Waals surface area contributed by atoms with Gasteiger partial charge >= 0.3 is 0 Å². The highest BCUT2D eigenvalue weighted by atomic mass is 28.4. The van der Waals surface area contributed by atoms with Crippen LogP contribution in [0.25, 0.3) is 10.4 Å². The molecule has 0 radical (unpaired) electrons. The topological polar surface area (TPSA) is 58.0 Å². The first-order valence-electron chi connectivity index (χ1n) is 4.45. The van der Waals surface area contributed by atoms with E-state index in [0.717, 1.165) is 18.5 Å². The van der Waals surface area contributed by atoms with Crippen molar-refractivity contribution < 1.29 is 4.43 Å². The second-order valence-corrected chi connectivity index (χ2v) is 8.62. The predicted octanol–water partition coefficient (Wildman–Crippen LogP) is 3.19. The molecule has 1 unspecified atom stereocenters. The zero-order valence-electron chi connectivity index (χ0n) is 8.32. The summed E-state index contributed by atoms with van der Waals surface area (Å²) in [4.78, 5) is 2.76. The molecule has 0 aromatic heterocycles. The van der Waals surface area contributed by atoms with Crippen LogP contribution in [0.4, 0.5) is 0 Å². The molecule has 1 aliphatic carbocycles. The maximum atomic E-state index is 8.23. The van der Waals surface area contributed by atoms with Crippen LogP contribution >= 0.6 is 0 Å². The molecule has 0 aromatic carbocycles. The third-order valence-electron chi connectivity index (χ3n) is 1.74. The Morgan fingerprint density at radius 2 is 2.31 bits per heavy atom. The van der Waals surface area contributed by atoms with E-state index in [2.05, 4.69) is 29.7 Å². The van der Waals surface area contributed by atoms with E-state index in [0.29, 0.717) is 0 Å². The summed E-state index contributed by atoms with van der Waals surface area (Å²) in [5, 5.41) is 3.58. The molecule has 1 atom stereocenters. The first-order chi connectivity index (χ1) is 6.01. The van der Waals surface area contributed by atoms with Gasteiger partial charge in [0, 0.05) is 10.6 Å². The van der Waals surface area contributed by atoms with E-state index in [1.807, 2.05) is 6.08 Å². The molecule has 0 spiro atoms. The summed E-state index contributed by atoms with van der Waals surface area (Å²) in [6, 6.07) is 0. The van der Waals surface area contributed by atoms with Gasteiger partial charge in [-0.1, -0.05) is 11.2 Å². The van der Waals surface area contributed by atoms with Crippen LogP contribution < -0.4 is 0 Å². The normalized spacial score (nSPS) is 22.4. The Balaban J connectivity index is 2.53. The van der Waals surface area contributed by atoms with E-state index >= 15 is 0 Å². The van der Waals surface area contributed by atoms with Crippen molar-refractivity contribution in [2.75, 3.05) is 0 Å². The second-order valence-electron chi connectivity index (χ2n) is 4.15. The van der Waals surface area contributed by atoms with Gasteiger partial charge in [0.15, 0.2) is 8.32 Å². The highest BCUT2D eigenvalue weighted by Gasteiger charge is 2.23. The SMILES string of the molecule is C[Si](C)(C)OC1C=C(N=[N+]=[N-])CC1. The molecule has 1 rings (SSSR count). The largest absolute Gasteiger partial charge is 0.411 e. The summed E-state index contributed by atoms with van der Waals surface area (Å²) in [5.41, 5.74) is 9.06. The van der Waals surface area contributed by atoms with Crippen LogP contribution in [0.1, 0.15) is 12.8 Å². The van der Waals surface area contributed by atoms with Gasteiger partial charge < -0.3 is 4.43 Å². The average Bonchev–Trinajstić information content (AvgIpc) is 2.33. The Morgan fingerprint density at radius 1 is 1.62 bits per heavy atom. The van der Waals surface area contributed by atoms with Gasteiger partial charge in [-0.15, -0.1) is 0 Å². The molecule has 0 aromatic rings. The Morgan fingerprint density at radius 3 is 2.85 bits per heavy atom. The van der Waals surface area contributed by atoms with E-state index in [9.17, 15) is 0 Å². The van der Waals surface area contributed by atoms with E-state index in [1.54, 1.807) is 0 Å². The van der Waals surface area contributed by atoms with Crippen LogP contribution in [0.5, 0.6) is 0 Å². The van der Waals surface area contributed by atoms with E-state index in [4.69, 9.17) is 9.96 Å². The van der Waals surface area contributed by atoms with Gasteiger partial charge in [-0.2, -0.15) is 0 Å². The number of nitrogens with zero attached hydrogens (tertiary/aromatic N) is 3. The van der Waals surface area contributed by atoms with Crippen LogP contribution in [0.3, 0.4) is 0 Å². The number of azide groups is 1. The lowest BCUT2D eigenvalue weighted by Gasteiger charge is -2.21. The molecule has 4 nitrogen and oxygen atoms in total.